The van der Waals surface area contributed by atoms with Crippen molar-refractivity contribution in [2.24, 2.45) is 11.3 Å². The first kappa shape index (κ1) is 16.2. The Bertz CT molecular complexity index is 501. The van der Waals surface area contributed by atoms with Crippen molar-refractivity contribution in [2.45, 2.75) is 40.5 Å². The van der Waals surface area contributed by atoms with Gasteiger partial charge in [-0.05, 0) is 23.0 Å². The molecule has 4 nitrogen and oxygen atoms in total. The summed E-state index contributed by atoms with van der Waals surface area (Å²) in [6.07, 6.45) is 0. The third-order valence-corrected chi connectivity index (χ3v) is 3.22. The van der Waals surface area contributed by atoms with Gasteiger partial charge in [0.25, 0.3) is 0 Å². The fourth-order valence-electron chi connectivity index (χ4n) is 2.20. The Balaban J connectivity index is 3.04. The molecule has 0 spiro atoms. The Hall–Kier alpha value is -1.84. The summed E-state index contributed by atoms with van der Waals surface area (Å²) in [4.78, 5) is 23.6. The predicted octanol–water partition coefficient (Wildman–Crippen LogP) is 3.50. The van der Waals surface area contributed by atoms with Gasteiger partial charge in [-0.1, -0.05) is 52.8 Å². The van der Waals surface area contributed by atoms with E-state index >= 15 is 0 Å². The average Bonchev–Trinajstić information content (AvgIpc) is 2.26. The van der Waals surface area contributed by atoms with E-state index in [1.54, 1.807) is 26.8 Å². The van der Waals surface area contributed by atoms with Gasteiger partial charge in [0.2, 0.25) is 5.91 Å². The van der Waals surface area contributed by atoms with Crippen LogP contribution in [0.3, 0.4) is 0 Å². The minimum atomic E-state index is -1.10. The molecule has 1 amide bonds. The molecule has 0 aliphatic heterocycles. The molecule has 0 aromatic heterocycles. The van der Waals surface area contributed by atoms with Crippen LogP contribution in [0, 0.1) is 11.3 Å². The number of aliphatic carboxylic acids is 1. The predicted molar refractivity (Wildman–Crippen MR) is 79.7 cm³/mol. The number of para-hydroxylation sites is 1. The molecule has 4 heteroatoms. The Morgan fingerprint density at radius 1 is 1.15 bits per heavy atom. The quantitative estimate of drug-likeness (QED) is 0.828. The molecule has 1 aromatic carbocycles. The number of carboxylic acid groups (broad SMARTS) is 1. The lowest BCUT2D eigenvalue weighted by atomic mass is 9.80. The van der Waals surface area contributed by atoms with Crippen molar-refractivity contribution in [3.05, 3.63) is 29.8 Å². The molecule has 0 bridgehead atoms. The summed E-state index contributed by atoms with van der Waals surface area (Å²) in [6, 6.07) is 7.47. The van der Waals surface area contributed by atoms with Crippen LogP contribution in [-0.4, -0.2) is 17.0 Å². The standard InChI is InChI=1S/C16H23NO3/c1-10(2)11-8-6-7-9-12(11)17-14(18)13(15(19)20)16(3,4)5/h6-10,13H,1-5H3,(H,17,18)(H,19,20). The molecular formula is C16H23NO3. The number of amides is 1. The molecule has 0 aliphatic rings. The van der Waals surface area contributed by atoms with E-state index in [9.17, 15) is 14.7 Å². The van der Waals surface area contributed by atoms with E-state index in [4.69, 9.17) is 0 Å². The maximum atomic E-state index is 12.3. The summed E-state index contributed by atoms with van der Waals surface area (Å²) in [5.74, 6) is -2.40. The smallest absolute Gasteiger partial charge is 0.316 e. The second-order valence-electron chi connectivity index (χ2n) is 6.37. The fraction of sp³-hybridized carbons (Fsp3) is 0.500. The number of benzene rings is 1. The van der Waals surface area contributed by atoms with Crippen LogP contribution < -0.4 is 5.32 Å². The van der Waals surface area contributed by atoms with Crippen LogP contribution >= 0.6 is 0 Å². The molecule has 0 saturated heterocycles. The minimum Gasteiger partial charge on any atom is -0.481 e. The SMILES string of the molecule is CC(C)c1ccccc1NC(=O)C(C(=O)O)C(C)(C)C. The number of carbonyl (C=O) groups is 2. The van der Waals surface area contributed by atoms with Crippen molar-refractivity contribution >= 4 is 17.6 Å². The van der Waals surface area contributed by atoms with Crippen LogP contribution in [0.25, 0.3) is 0 Å². The number of hydrogen-bond acceptors (Lipinski definition) is 2. The highest BCUT2D eigenvalue weighted by atomic mass is 16.4. The van der Waals surface area contributed by atoms with Gasteiger partial charge in [-0.2, -0.15) is 0 Å². The van der Waals surface area contributed by atoms with Crippen LogP contribution in [0.15, 0.2) is 24.3 Å². The van der Waals surface area contributed by atoms with Gasteiger partial charge in [0.15, 0.2) is 0 Å². The van der Waals surface area contributed by atoms with Crippen LogP contribution in [0.2, 0.25) is 0 Å². The van der Waals surface area contributed by atoms with E-state index in [2.05, 4.69) is 5.32 Å². The lowest BCUT2D eigenvalue weighted by Crippen LogP contribution is -2.39. The van der Waals surface area contributed by atoms with Gasteiger partial charge in [-0.15, -0.1) is 0 Å². The maximum absolute atomic E-state index is 12.3. The van der Waals surface area contributed by atoms with Gasteiger partial charge in [0.1, 0.15) is 5.92 Å². The minimum absolute atomic E-state index is 0.254. The summed E-state index contributed by atoms with van der Waals surface area (Å²) >= 11 is 0. The Morgan fingerprint density at radius 2 is 1.70 bits per heavy atom. The number of rotatable bonds is 4. The molecule has 20 heavy (non-hydrogen) atoms. The molecule has 0 fully saturated rings. The molecule has 1 rings (SSSR count). The van der Waals surface area contributed by atoms with Crippen molar-refractivity contribution in [1.29, 1.82) is 0 Å². The monoisotopic (exact) mass is 277 g/mol. The van der Waals surface area contributed by atoms with Gasteiger partial charge in [-0.25, -0.2) is 0 Å². The van der Waals surface area contributed by atoms with Crippen LogP contribution in [0.1, 0.15) is 46.1 Å². The molecule has 0 aliphatic carbocycles. The van der Waals surface area contributed by atoms with Gasteiger partial charge in [-0.3, -0.25) is 9.59 Å². The number of carbonyl (C=O) groups excluding carboxylic acids is 1. The Morgan fingerprint density at radius 3 is 2.15 bits per heavy atom. The van der Waals surface area contributed by atoms with Crippen molar-refractivity contribution < 1.29 is 14.7 Å². The van der Waals surface area contributed by atoms with Crippen molar-refractivity contribution in [2.75, 3.05) is 5.32 Å². The molecule has 1 atom stereocenters. The summed E-state index contributed by atoms with van der Waals surface area (Å²) < 4.78 is 0. The topological polar surface area (TPSA) is 66.4 Å². The zero-order chi connectivity index (χ0) is 15.5. The molecule has 1 unspecified atom stereocenters. The first-order valence-corrected chi connectivity index (χ1v) is 6.77. The lowest BCUT2D eigenvalue weighted by Gasteiger charge is -2.26. The molecule has 110 valence electrons. The molecule has 2 N–H and O–H groups in total. The van der Waals surface area contributed by atoms with E-state index in [0.29, 0.717) is 5.69 Å². The van der Waals surface area contributed by atoms with E-state index in [1.807, 2.05) is 32.0 Å². The maximum Gasteiger partial charge on any atom is 0.316 e. The zero-order valence-corrected chi connectivity index (χ0v) is 12.7. The van der Waals surface area contributed by atoms with Crippen LogP contribution in [-0.2, 0) is 9.59 Å². The normalized spacial score (nSPS) is 13.1. The van der Waals surface area contributed by atoms with E-state index in [0.717, 1.165) is 5.56 Å². The number of nitrogens with one attached hydrogen (secondary N) is 1. The van der Waals surface area contributed by atoms with Crippen LogP contribution in [0.5, 0.6) is 0 Å². The third kappa shape index (κ3) is 3.83. The molecule has 0 radical (unpaired) electrons. The lowest BCUT2D eigenvalue weighted by molar-refractivity contribution is -0.149. The Labute approximate surface area is 120 Å². The zero-order valence-electron chi connectivity index (χ0n) is 12.7. The number of anilines is 1. The van der Waals surface area contributed by atoms with Gasteiger partial charge in [0.05, 0.1) is 0 Å². The highest BCUT2D eigenvalue weighted by Crippen LogP contribution is 2.29. The largest absolute Gasteiger partial charge is 0.481 e. The summed E-state index contributed by atoms with van der Waals surface area (Å²) in [6.45, 7) is 9.31. The van der Waals surface area contributed by atoms with Gasteiger partial charge < -0.3 is 10.4 Å². The first-order chi connectivity index (χ1) is 9.14. The second-order valence-corrected chi connectivity index (χ2v) is 6.37. The van der Waals surface area contributed by atoms with Gasteiger partial charge in [0, 0.05) is 5.69 Å². The summed E-state index contributed by atoms with van der Waals surface area (Å²) in [7, 11) is 0. The first-order valence-electron chi connectivity index (χ1n) is 6.77. The second kappa shape index (κ2) is 6.07. The third-order valence-electron chi connectivity index (χ3n) is 3.22. The van der Waals surface area contributed by atoms with Crippen molar-refractivity contribution in [3.63, 3.8) is 0 Å². The molecule has 1 aromatic rings. The number of carboxylic acids is 1. The van der Waals surface area contributed by atoms with Gasteiger partial charge >= 0.3 is 5.97 Å². The Kier molecular flexibility index (Phi) is 4.93. The summed E-state index contributed by atoms with van der Waals surface area (Å²) in [5, 5.41) is 12.0. The molecule has 0 saturated carbocycles. The van der Waals surface area contributed by atoms with Crippen molar-refractivity contribution in [3.8, 4) is 0 Å². The van der Waals surface area contributed by atoms with E-state index < -0.39 is 23.2 Å². The average molecular weight is 277 g/mol. The highest BCUT2D eigenvalue weighted by Gasteiger charge is 2.37. The summed E-state index contributed by atoms with van der Waals surface area (Å²) in [5.41, 5.74) is 1.05. The highest BCUT2D eigenvalue weighted by molar-refractivity contribution is 6.05. The van der Waals surface area contributed by atoms with E-state index in [1.165, 1.54) is 0 Å². The van der Waals surface area contributed by atoms with E-state index in [-0.39, 0.29) is 5.92 Å². The molecular weight excluding hydrogens is 254 g/mol. The number of hydrogen-bond donors (Lipinski definition) is 2. The van der Waals surface area contributed by atoms with Crippen LogP contribution in [0.4, 0.5) is 5.69 Å². The fourth-order valence-corrected chi connectivity index (χ4v) is 2.20. The molecule has 0 heterocycles. The van der Waals surface area contributed by atoms with Crippen molar-refractivity contribution in [1.82, 2.24) is 0 Å².